The van der Waals surface area contributed by atoms with Gasteiger partial charge in [0.05, 0.1) is 22.9 Å². The number of thioether (sulfide) groups is 1. The van der Waals surface area contributed by atoms with E-state index in [1.165, 1.54) is 0 Å². The maximum absolute atomic E-state index is 4.24. The first-order chi connectivity index (χ1) is 7.38. The third kappa shape index (κ3) is 1.27. The summed E-state index contributed by atoms with van der Waals surface area (Å²) in [7, 11) is 0. The molecule has 0 spiro atoms. The molecule has 3 rings (SSSR count). The molecular weight excluding hydrogens is 208 g/mol. The fourth-order valence-corrected chi connectivity index (χ4v) is 2.16. The first-order valence-corrected chi connectivity index (χ1v) is 5.73. The maximum atomic E-state index is 4.24. The van der Waals surface area contributed by atoms with E-state index in [1.54, 1.807) is 24.4 Å². The minimum absolute atomic E-state index is 0.938. The van der Waals surface area contributed by atoms with Gasteiger partial charge in [-0.25, -0.2) is 15.0 Å². The van der Waals surface area contributed by atoms with E-state index >= 15 is 0 Å². The van der Waals surface area contributed by atoms with Gasteiger partial charge in [-0.05, 0) is 18.4 Å². The molecule has 1 aromatic carbocycles. The van der Waals surface area contributed by atoms with Gasteiger partial charge in [-0.1, -0.05) is 0 Å². The van der Waals surface area contributed by atoms with E-state index in [-0.39, 0.29) is 0 Å². The Morgan fingerprint density at radius 2 is 2.07 bits per heavy atom. The van der Waals surface area contributed by atoms with Gasteiger partial charge in [-0.15, -0.1) is 11.8 Å². The van der Waals surface area contributed by atoms with Crippen molar-refractivity contribution in [2.45, 2.75) is 5.03 Å². The van der Waals surface area contributed by atoms with E-state index in [0.29, 0.717) is 0 Å². The van der Waals surface area contributed by atoms with Crippen LogP contribution in [0.1, 0.15) is 0 Å². The predicted octanol–water partition coefficient (Wildman–Crippen LogP) is 2.23. The average Bonchev–Trinajstić information content (AvgIpc) is 2.72. The van der Waals surface area contributed by atoms with Crippen LogP contribution in [0, 0.1) is 0 Å². The Bertz CT molecular complexity index is 631. The van der Waals surface area contributed by atoms with E-state index < -0.39 is 0 Å². The number of imidazole rings is 1. The molecule has 0 unspecified atom stereocenters. The second-order valence-corrected chi connectivity index (χ2v) is 3.97. The zero-order valence-electron chi connectivity index (χ0n) is 8.06. The average molecular weight is 216 g/mol. The second kappa shape index (κ2) is 3.20. The highest BCUT2D eigenvalue weighted by Crippen LogP contribution is 2.25. The molecule has 0 aliphatic carbocycles. The van der Waals surface area contributed by atoms with Gasteiger partial charge < -0.3 is 4.98 Å². The van der Waals surface area contributed by atoms with E-state index in [1.807, 2.05) is 18.4 Å². The van der Waals surface area contributed by atoms with Gasteiger partial charge in [0, 0.05) is 5.39 Å². The Balaban J connectivity index is 2.48. The molecule has 3 aromatic rings. The number of benzene rings is 1. The van der Waals surface area contributed by atoms with Crippen molar-refractivity contribution >= 4 is 33.7 Å². The Morgan fingerprint density at radius 3 is 2.93 bits per heavy atom. The molecule has 74 valence electrons. The molecule has 15 heavy (non-hydrogen) atoms. The zero-order chi connectivity index (χ0) is 10.3. The summed E-state index contributed by atoms with van der Waals surface area (Å²) >= 11 is 1.62. The summed E-state index contributed by atoms with van der Waals surface area (Å²) in [5, 5.41) is 2.07. The largest absolute Gasteiger partial charge is 0.345 e. The topological polar surface area (TPSA) is 54.5 Å². The van der Waals surface area contributed by atoms with Crippen molar-refractivity contribution in [1.82, 2.24) is 19.9 Å². The van der Waals surface area contributed by atoms with Crippen LogP contribution in [0.3, 0.4) is 0 Å². The highest BCUT2D eigenvalue weighted by molar-refractivity contribution is 7.98. The van der Waals surface area contributed by atoms with Crippen LogP contribution in [0.15, 0.2) is 29.8 Å². The molecule has 0 atom stereocenters. The van der Waals surface area contributed by atoms with Crippen LogP contribution in [-0.4, -0.2) is 26.2 Å². The van der Waals surface area contributed by atoms with Crippen LogP contribution in [0.4, 0.5) is 0 Å². The molecule has 5 heteroatoms. The first-order valence-electron chi connectivity index (χ1n) is 4.50. The third-order valence-electron chi connectivity index (χ3n) is 2.33. The van der Waals surface area contributed by atoms with Crippen LogP contribution in [0.25, 0.3) is 21.9 Å². The minimum Gasteiger partial charge on any atom is -0.345 e. The van der Waals surface area contributed by atoms with Crippen molar-refractivity contribution in [3.8, 4) is 0 Å². The molecule has 0 aliphatic heterocycles. The van der Waals surface area contributed by atoms with Crippen LogP contribution in [0.5, 0.6) is 0 Å². The normalized spacial score (nSPS) is 11.3. The Hall–Kier alpha value is -1.62. The number of H-pyrrole nitrogens is 1. The number of nitrogens with zero attached hydrogens (tertiary/aromatic N) is 3. The number of hydrogen-bond donors (Lipinski definition) is 1. The lowest BCUT2D eigenvalue weighted by Crippen LogP contribution is -1.86. The van der Waals surface area contributed by atoms with Crippen molar-refractivity contribution < 1.29 is 0 Å². The molecule has 0 bridgehead atoms. The summed E-state index contributed by atoms with van der Waals surface area (Å²) in [6.45, 7) is 0. The third-order valence-corrected chi connectivity index (χ3v) is 3.05. The molecule has 2 heterocycles. The van der Waals surface area contributed by atoms with E-state index in [2.05, 4.69) is 19.9 Å². The van der Waals surface area contributed by atoms with Gasteiger partial charge >= 0.3 is 0 Å². The van der Waals surface area contributed by atoms with Gasteiger partial charge in [0.1, 0.15) is 11.4 Å². The fraction of sp³-hybridized carbons (Fsp3) is 0.100. The first kappa shape index (κ1) is 8.67. The smallest absolute Gasteiger partial charge is 0.117 e. The summed E-state index contributed by atoms with van der Waals surface area (Å²) in [5.74, 6) is 0. The standard InChI is InChI=1S/C10H8N4S/c1-15-10-6-2-8-9(13-4-12-8)3-7(6)11-5-14-10/h2-5H,1H3,(H,12,13). The Kier molecular flexibility index (Phi) is 1.85. The van der Waals surface area contributed by atoms with Crippen molar-refractivity contribution in [2.75, 3.05) is 6.26 Å². The number of nitrogens with one attached hydrogen (secondary N) is 1. The van der Waals surface area contributed by atoms with Crippen LogP contribution in [0.2, 0.25) is 0 Å². The summed E-state index contributed by atoms with van der Waals surface area (Å²) in [6, 6.07) is 4.02. The maximum Gasteiger partial charge on any atom is 0.117 e. The highest BCUT2D eigenvalue weighted by Gasteiger charge is 2.05. The van der Waals surface area contributed by atoms with Crippen LogP contribution < -0.4 is 0 Å². The predicted molar refractivity (Wildman–Crippen MR) is 61.0 cm³/mol. The summed E-state index contributed by atoms with van der Waals surface area (Å²) in [6.07, 6.45) is 5.29. The van der Waals surface area contributed by atoms with Crippen molar-refractivity contribution in [1.29, 1.82) is 0 Å². The Labute approximate surface area is 90.2 Å². The van der Waals surface area contributed by atoms with Crippen molar-refractivity contribution in [3.63, 3.8) is 0 Å². The zero-order valence-corrected chi connectivity index (χ0v) is 8.88. The SMILES string of the molecule is CSc1ncnc2cc3nc[nH]c3cc12. The van der Waals surface area contributed by atoms with E-state index in [9.17, 15) is 0 Å². The molecule has 1 N–H and O–H groups in total. The molecule has 4 nitrogen and oxygen atoms in total. The van der Waals surface area contributed by atoms with Crippen LogP contribution in [-0.2, 0) is 0 Å². The molecule has 0 fully saturated rings. The lowest BCUT2D eigenvalue weighted by Gasteiger charge is -2.01. The van der Waals surface area contributed by atoms with Gasteiger partial charge in [0.15, 0.2) is 0 Å². The number of rotatable bonds is 1. The Morgan fingerprint density at radius 1 is 1.13 bits per heavy atom. The number of aromatic amines is 1. The number of fused-ring (bicyclic) bond motifs is 2. The van der Waals surface area contributed by atoms with Crippen molar-refractivity contribution in [3.05, 3.63) is 24.8 Å². The fourth-order valence-electron chi connectivity index (χ4n) is 1.62. The molecule has 2 aromatic heterocycles. The number of aromatic nitrogens is 4. The van der Waals surface area contributed by atoms with Crippen LogP contribution >= 0.6 is 11.8 Å². The molecular formula is C10H8N4S. The van der Waals surface area contributed by atoms with E-state index in [0.717, 1.165) is 27.0 Å². The molecule has 0 aliphatic rings. The van der Waals surface area contributed by atoms with Crippen molar-refractivity contribution in [2.24, 2.45) is 0 Å². The van der Waals surface area contributed by atoms with Gasteiger partial charge in [-0.2, -0.15) is 0 Å². The number of hydrogen-bond acceptors (Lipinski definition) is 4. The lowest BCUT2D eigenvalue weighted by atomic mass is 10.2. The van der Waals surface area contributed by atoms with E-state index in [4.69, 9.17) is 0 Å². The second-order valence-electron chi connectivity index (χ2n) is 3.17. The lowest BCUT2D eigenvalue weighted by molar-refractivity contribution is 1.10. The molecule has 0 saturated carbocycles. The quantitative estimate of drug-likeness (QED) is 0.500. The summed E-state index contributed by atoms with van der Waals surface area (Å²) < 4.78 is 0. The highest BCUT2D eigenvalue weighted by atomic mass is 32.2. The monoisotopic (exact) mass is 216 g/mol. The molecule has 0 saturated heterocycles. The minimum atomic E-state index is 0.938. The molecule has 0 radical (unpaired) electrons. The van der Waals surface area contributed by atoms with Gasteiger partial charge in [0.25, 0.3) is 0 Å². The summed E-state index contributed by atoms with van der Waals surface area (Å²) in [5.41, 5.74) is 2.90. The summed E-state index contributed by atoms with van der Waals surface area (Å²) in [4.78, 5) is 15.8. The van der Waals surface area contributed by atoms with Gasteiger partial charge in [0.2, 0.25) is 0 Å². The van der Waals surface area contributed by atoms with Gasteiger partial charge in [-0.3, -0.25) is 0 Å². The molecule has 0 amide bonds.